The summed E-state index contributed by atoms with van der Waals surface area (Å²) in [5.41, 5.74) is 1.11. The van der Waals surface area contributed by atoms with Crippen LogP contribution >= 0.6 is 24.4 Å². The average molecular weight is 342 g/mol. The maximum Gasteiger partial charge on any atom is 0.226 e. The fourth-order valence-corrected chi connectivity index (χ4v) is 3.28. The van der Waals surface area contributed by atoms with Crippen LogP contribution in [0.15, 0.2) is 30.3 Å². The molecule has 124 valence electrons. The maximum atomic E-state index is 12.2. The van der Waals surface area contributed by atoms with Crippen molar-refractivity contribution >= 4 is 30.3 Å². The molecule has 2 N–H and O–H groups in total. The number of thioether (sulfide) groups is 1. The minimum absolute atomic E-state index is 0.118. The number of thiol groups is 1. The topological polar surface area (TPSA) is 49.3 Å². The number of rotatable bonds is 11. The van der Waals surface area contributed by atoms with Gasteiger partial charge < -0.3 is 10.4 Å². The first-order valence-corrected chi connectivity index (χ1v) is 9.67. The van der Waals surface area contributed by atoms with E-state index < -0.39 is 6.23 Å². The van der Waals surface area contributed by atoms with Crippen LogP contribution in [-0.2, 0) is 11.2 Å². The number of amides is 1. The molecule has 0 bridgehead atoms. The Balaban J connectivity index is 2.31. The Hall–Kier alpha value is -0.650. The summed E-state index contributed by atoms with van der Waals surface area (Å²) in [7, 11) is 0. The Morgan fingerprint density at radius 2 is 2.05 bits per heavy atom. The van der Waals surface area contributed by atoms with E-state index >= 15 is 0 Å². The first-order chi connectivity index (χ1) is 10.7. The van der Waals surface area contributed by atoms with Crippen molar-refractivity contribution in [3.8, 4) is 0 Å². The van der Waals surface area contributed by atoms with Crippen molar-refractivity contribution in [1.82, 2.24) is 5.32 Å². The van der Waals surface area contributed by atoms with Gasteiger partial charge in [0.05, 0.1) is 5.92 Å². The molecule has 1 aromatic carbocycles. The average Bonchev–Trinajstić information content (AvgIpc) is 2.53. The molecular formula is C17H27NO2S2. The summed E-state index contributed by atoms with van der Waals surface area (Å²) in [5.74, 6) is 2.32. The van der Waals surface area contributed by atoms with Gasteiger partial charge in [-0.3, -0.25) is 4.79 Å². The zero-order valence-electron chi connectivity index (χ0n) is 13.2. The second-order valence-corrected chi connectivity index (χ2v) is 6.94. The van der Waals surface area contributed by atoms with Crippen LogP contribution in [0.25, 0.3) is 0 Å². The summed E-state index contributed by atoms with van der Waals surface area (Å²) in [4.78, 5) is 12.2. The smallest absolute Gasteiger partial charge is 0.226 e. The molecule has 5 heteroatoms. The van der Waals surface area contributed by atoms with Crippen LogP contribution in [0.3, 0.4) is 0 Å². The van der Waals surface area contributed by atoms with Crippen LogP contribution in [0, 0.1) is 5.92 Å². The van der Waals surface area contributed by atoms with Crippen molar-refractivity contribution in [2.45, 2.75) is 38.8 Å². The van der Waals surface area contributed by atoms with Gasteiger partial charge in [0.2, 0.25) is 5.91 Å². The van der Waals surface area contributed by atoms with E-state index in [0.29, 0.717) is 18.6 Å². The normalized spacial score (nSPS) is 13.6. The first kappa shape index (κ1) is 19.4. The van der Waals surface area contributed by atoms with Crippen LogP contribution < -0.4 is 5.32 Å². The lowest BCUT2D eigenvalue weighted by Crippen LogP contribution is -2.40. The molecule has 0 spiro atoms. The number of nitrogens with one attached hydrogen (secondary N) is 1. The van der Waals surface area contributed by atoms with Gasteiger partial charge in [0.15, 0.2) is 0 Å². The molecule has 1 aromatic rings. The Morgan fingerprint density at radius 1 is 1.32 bits per heavy atom. The molecule has 0 saturated carbocycles. The van der Waals surface area contributed by atoms with Crippen molar-refractivity contribution in [3.63, 3.8) is 0 Å². The van der Waals surface area contributed by atoms with E-state index in [1.165, 1.54) is 6.42 Å². The number of aliphatic hydroxyl groups excluding tert-OH is 1. The molecule has 0 aliphatic rings. The van der Waals surface area contributed by atoms with E-state index in [-0.39, 0.29) is 11.8 Å². The van der Waals surface area contributed by atoms with Crippen molar-refractivity contribution in [3.05, 3.63) is 35.9 Å². The molecule has 1 amide bonds. The molecule has 0 fully saturated rings. The predicted molar refractivity (Wildman–Crippen MR) is 98.5 cm³/mol. The van der Waals surface area contributed by atoms with Crippen molar-refractivity contribution in [2.24, 2.45) is 5.92 Å². The third-order valence-corrected chi connectivity index (χ3v) is 5.05. The zero-order valence-corrected chi connectivity index (χ0v) is 14.9. The predicted octanol–water partition coefficient (Wildman–Crippen LogP) is 3.13. The Kier molecular flexibility index (Phi) is 10.5. The van der Waals surface area contributed by atoms with E-state index in [4.69, 9.17) is 0 Å². The van der Waals surface area contributed by atoms with Gasteiger partial charge in [-0.25, -0.2) is 0 Å². The number of carbonyl (C=O) groups is 1. The van der Waals surface area contributed by atoms with Gasteiger partial charge in [0.25, 0.3) is 0 Å². The highest BCUT2D eigenvalue weighted by Crippen LogP contribution is 2.12. The molecule has 2 unspecified atom stereocenters. The standard InChI is InChI=1S/C17H27NO2S2/c1-2-10-22-11-6-9-16(19)18-17(20)15(13-21)12-14-7-4-3-5-8-14/h3-5,7-8,15-16,19,21H,2,6,9-13H2,1H3,(H,18,20). The fraction of sp³-hybridized carbons (Fsp3) is 0.588. The number of hydrogen-bond acceptors (Lipinski definition) is 4. The molecule has 22 heavy (non-hydrogen) atoms. The zero-order chi connectivity index (χ0) is 16.2. The number of aliphatic hydroxyl groups is 1. The molecule has 0 heterocycles. The van der Waals surface area contributed by atoms with Gasteiger partial charge in [-0.05, 0) is 42.8 Å². The lowest BCUT2D eigenvalue weighted by Gasteiger charge is -2.18. The summed E-state index contributed by atoms with van der Waals surface area (Å²) < 4.78 is 0. The van der Waals surface area contributed by atoms with Gasteiger partial charge in [0, 0.05) is 5.75 Å². The third-order valence-electron chi connectivity index (χ3n) is 3.34. The van der Waals surface area contributed by atoms with Gasteiger partial charge in [0.1, 0.15) is 6.23 Å². The molecule has 3 nitrogen and oxygen atoms in total. The summed E-state index contributed by atoms with van der Waals surface area (Å²) in [6, 6.07) is 9.90. The first-order valence-electron chi connectivity index (χ1n) is 7.88. The van der Waals surface area contributed by atoms with Gasteiger partial charge >= 0.3 is 0 Å². The van der Waals surface area contributed by atoms with E-state index in [9.17, 15) is 9.90 Å². The van der Waals surface area contributed by atoms with Crippen LogP contribution in [0.5, 0.6) is 0 Å². The summed E-state index contributed by atoms with van der Waals surface area (Å²) in [6.45, 7) is 2.16. The van der Waals surface area contributed by atoms with Crippen molar-refractivity contribution in [2.75, 3.05) is 17.3 Å². The van der Waals surface area contributed by atoms with Crippen LogP contribution in [0.4, 0.5) is 0 Å². The van der Waals surface area contributed by atoms with E-state index in [1.54, 1.807) is 0 Å². The molecule has 0 saturated heterocycles. The van der Waals surface area contributed by atoms with E-state index in [2.05, 4.69) is 24.9 Å². The molecular weight excluding hydrogens is 314 g/mol. The highest BCUT2D eigenvalue weighted by atomic mass is 32.2. The van der Waals surface area contributed by atoms with E-state index in [1.807, 2.05) is 42.1 Å². The van der Waals surface area contributed by atoms with Crippen LogP contribution in [0.1, 0.15) is 31.7 Å². The minimum atomic E-state index is -0.757. The lowest BCUT2D eigenvalue weighted by atomic mass is 10.00. The van der Waals surface area contributed by atoms with Crippen LogP contribution in [-0.4, -0.2) is 34.5 Å². The molecule has 2 atom stereocenters. The number of hydrogen-bond donors (Lipinski definition) is 3. The maximum absolute atomic E-state index is 12.2. The molecule has 0 aliphatic carbocycles. The van der Waals surface area contributed by atoms with Crippen LogP contribution in [0.2, 0.25) is 0 Å². The molecule has 1 rings (SSSR count). The van der Waals surface area contributed by atoms with Gasteiger partial charge in [-0.2, -0.15) is 24.4 Å². The summed E-state index contributed by atoms with van der Waals surface area (Å²) >= 11 is 6.16. The van der Waals surface area contributed by atoms with Crippen molar-refractivity contribution < 1.29 is 9.90 Å². The van der Waals surface area contributed by atoms with Crippen molar-refractivity contribution in [1.29, 1.82) is 0 Å². The highest BCUT2D eigenvalue weighted by Gasteiger charge is 2.19. The summed E-state index contributed by atoms with van der Waals surface area (Å²) in [5, 5.41) is 12.6. The molecule has 0 aromatic heterocycles. The quantitative estimate of drug-likeness (QED) is 0.329. The number of benzene rings is 1. The van der Waals surface area contributed by atoms with E-state index in [0.717, 1.165) is 23.5 Å². The highest BCUT2D eigenvalue weighted by molar-refractivity contribution is 7.99. The molecule has 0 radical (unpaired) electrons. The fourth-order valence-electron chi connectivity index (χ4n) is 2.12. The Bertz CT molecular complexity index is 414. The second kappa shape index (κ2) is 11.9. The minimum Gasteiger partial charge on any atom is -0.374 e. The Labute approximate surface area is 143 Å². The SMILES string of the molecule is CCCSCCCC(O)NC(=O)C(CS)Cc1ccccc1. The second-order valence-electron chi connectivity index (χ2n) is 5.35. The number of carbonyl (C=O) groups excluding carboxylic acids is 1. The summed E-state index contributed by atoms with van der Waals surface area (Å²) in [6.07, 6.45) is 2.58. The van der Waals surface area contributed by atoms with Gasteiger partial charge in [-0.15, -0.1) is 0 Å². The monoisotopic (exact) mass is 341 g/mol. The van der Waals surface area contributed by atoms with Gasteiger partial charge in [-0.1, -0.05) is 37.3 Å². The Morgan fingerprint density at radius 3 is 2.68 bits per heavy atom. The molecule has 0 aliphatic heterocycles. The largest absolute Gasteiger partial charge is 0.374 e. The third kappa shape index (κ3) is 8.11. The lowest BCUT2D eigenvalue weighted by molar-refractivity contribution is -0.127.